The van der Waals surface area contributed by atoms with Crippen molar-refractivity contribution in [2.75, 3.05) is 5.32 Å². The number of nitrogens with one attached hydrogen (secondary N) is 2. The van der Waals surface area contributed by atoms with Crippen molar-refractivity contribution in [3.8, 4) is 11.1 Å². The third kappa shape index (κ3) is 6.46. The number of hydrogen-bond acceptors (Lipinski definition) is 3. The first-order valence-corrected chi connectivity index (χ1v) is 16.8. The first kappa shape index (κ1) is 30.3. The fourth-order valence-corrected chi connectivity index (χ4v) is 6.76. The van der Waals surface area contributed by atoms with E-state index < -0.39 is 0 Å². The van der Waals surface area contributed by atoms with Crippen LogP contribution in [0.15, 0.2) is 182 Å². The Morgan fingerprint density at radius 2 is 1.18 bits per heavy atom. The van der Waals surface area contributed by atoms with E-state index in [1.807, 2.05) is 24.3 Å². The van der Waals surface area contributed by atoms with Gasteiger partial charge in [-0.1, -0.05) is 158 Å². The zero-order valence-corrected chi connectivity index (χ0v) is 27.1. The Hall–Kier alpha value is -6.00. The molecule has 8 rings (SSSR count). The summed E-state index contributed by atoms with van der Waals surface area (Å²) in [6, 6.07) is 61.8. The van der Waals surface area contributed by atoms with Crippen LogP contribution in [0.3, 0.4) is 0 Å². The van der Waals surface area contributed by atoms with E-state index in [0.717, 1.165) is 22.5 Å². The van der Waals surface area contributed by atoms with Gasteiger partial charge in [0.25, 0.3) is 0 Å². The average Bonchev–Trinajstić information content (AvgIpc) is 3.17. The summed E-state index contributed by atoms with van der Waals surface area (Å²) in [6.07, 6.45) is 4.12. The van der Waals surface area contributed by atoms with E-state index in [1.165, 1.54) is 49.0 Å². The molecule has 8 aromatic carbocycles. The predicted octanol–water partition coefficient (Wildman–Crippen LogP) is 11.6. The Kier molecular flexibility index (Phi) is 8.43. The number of para-hydroxylation sites is 1. The molecule has 3 nitrogen and oxygen atoms in total. The molecule has 4 N–H and O–H groups in total. The number of benzene rings is 8. The van der Waals surface area contributed by atoms with E-state index in [-0.39, 0.29) is 12.2 Å². The molecule has 3 heteroatoms. The van der Waals surface area contributed by atoms with Crippen LogP contribution in [0.1, 0.15) is 28.9 Å². The van der Waals surface area contributed by atoms with Crippen molar-refractivity contribution in [3.63, 3.8) is 0 Å². The molecule has 2 atom stereocenters. The second kappa shape index (κ2) is 13.6. The standard InChI is InChI=1S/C46H37N3/c47-46(35-14-5-2-6-15-35)49-44(34-22-26-39(27-23-34)48-45-21-10-9-19-41(45)32-12-3-1-4-13-32)29-25-33-18-11-20-42-40(33)28-24-38-30-36-16-7-8-17-37(36)31-43(38)42/h1-31,44,46,48-49H,47H2/b29-25+. The summed E-state index contributed by atoms with van der Waals surface area (Å²) >= 11 is 0. The van der Waals surface area contributed by atoms with Gasteiger partial charge in [-0.15, -0.1) is 0 Å². The predicted molar refractivity (Wildman–Crippen MR) is 209 cm³/mol. The minimum absolute atomic E-state index is 0.125. The number of fused-ring (bicyclic) bond motifs is 4. The van der Waals surface area contributed by atoms with Crippen LogP contribution >= 0.6 is 0 Å². The van der Waals surface area contributed by atoms with Crippen LogP contribution in [-0.2, 0) is 0 Å². The van der Waals surface area contributed by atoms with Crippen LogP contribution in [0.4, 0.5) is 11.4 Å². The van der Waals surface area contributed by atoms with Crippen molar-refractivity contribution >= 4 is 49.8 Å². The Balaban J connectivity index is 1.12. The summed E-state index contributed by atoms with van der Waals surface area (Å²) in [7, 11) is 0. The fraction of sp³-hybridized carbons (Fsp3) is 0.0435. The van der Waals surface area contributed by atoms with Gasteiger partial charge in [0.2, 0.25) is 0 Å². The van der Waals surface area contributed by atoms with Crippen molar-refractivity contribution < 1.29 is 0 Å². The van der Waals surface area contributed by atoms with Crippen LogP contribution in [0.2, 0.25) is 0 Å². The van der Waals surface area contributed by atoms with Crippen molar-refractivity contribution in [1.29, 1.82) is 0 Å². The molecule has 0 amide bonds. The topological polar surface area (TPSA) is 50.1 Å². The third-order valence-electron chi connectivity index (χ3n) is 9.32. The number of anilines is 2. The minimum Gasteiger partial charge on any atom is -0.355 e. The summed E-state index contributed by atoms with van der Waals surface area (Å²) in [5.74, 6) is 0. The van der Waals surface area contributed by atoms with Gasteiger partial charge in [0, 0.05) is 16.9 Å². The maximum atomic E-state index is 6.75. The van der Waals surface area contributed by atoms with Gasteiger partial charge in [-0.3, -0.25) is 5.32 Å². The average molecular weight is 632 g/mol. The molecule has 0 bridgehead atoms. The molecule has 236 valence electrons. The second-order valence-corrected chi connectivity index (χ2v) is 12.5. The Labute approximate surface area is 287 Å². The van der Waals surface area contributed by atoms with Crippen LogP contribution in [0, 0.1) is 0 Å². The molecule has 0 saturated carbocycles. The first-order chi connectivity index (χ1) is 24.2. The highest BCUT2D eigenvalue weighted by Gasteiger charge is 2.15. The normalized spacial score (nSPS) is 12.8. The van der Waals surface area contributed by atoms with Crippen LogP contribution < -0.4 is 16.4 Å². The molecule has 2 unspecified atom stereocenters. The van der Waals surface area contributed by atoms with E-state index in [2.05, 4.69) is 174 Å². The van der Waals surface area contributed by atoms with E-state index in [0.29, 0.717) is 0 Å². The van der Waals surface area contributed by atoms with E-state index in [9.17, 15) is 0 Å². The molecule has 49 heavy (non-hydrogen) atoms. The zero-order valence-electron chi connectivity index (χ0n) is 27.1. The molecule has 0 aliphatic carbocycles. The molecule has 0 radical (unpaired) electrons. The molecule has 0 spiro atoms. The van der Waals surface area contributed by atoms with E-state index in [1.54, 1.807) is 0 Å². The number of rotatable bonds is 9. The molecular weight excluding hydrogens is 595 g/mol. The molecular formula is C46H37N3. The molecule has 8 aromatic rings. The van der Waals surface area contributed by atoms with Gasteiger partial charge in [0.05, 0.1) is 12.2 Å². The molecule has 0 heterocycles. The highest BCUT2D eigenvalue weighted by atomic mass is 15.0. The maximum absolute atomic E-state index is 6.75. The zero-order chi connectivity index (χ0) is 33.0. The highest BCUT2D eigenvalue weighted by Crippen LogP contribution is 2.33. The van der Waals surface area contributed by atoms with Gasteiger partial charge in [-0.2, -0.15) is 0 Å². The summed E-state index contributed by atoms with van der Waals surface area (Å²) < 4.78 is 0. The van der Waals surface area contributed by atoms with Crippen LogP contribution in [0.5, 0.6) is 0 Å². The lowest BCUT2D eigenvalue weighted by atomic mass is 9.95. The lowest BCUT2D eigenvalue weighted by Crippen LogP contribution is -2.31. The summed E-state index contributed by atoms with van der Waals surface area (Å²) in [5.41, 5.74) is 14.5. The van der Waals surface area contributed by atoms with Crippen molar-refractivity contribution in [1.82, 2.24) is 5.32 Å². The number of hydrogen-bond donors (Lipinski definition) is 3. The largest absolute Gasteiger partial charge is 0.355 e. The summed E-state index contributed by atoms with van der Waals surface area (Å²) in [4.78, 5) is 0. The Morgan fingerprint density at radius 3 is 1.98 bits per heavy atom. The van der Waals surface area contributed by atoms with Gasteiger partial charge in [0.15, 0.2) is 0 Å². The highest BCUT2D eigenvalue weighted by molar-refractivity contribution is 6.13. The van der Waals surface area contributed by atoms with Crippen molar-refractivity contribution in [2.45, 2.75) is 12.2 Å². The maximum Gasteiger partial charge on any atom is 0.0817 e. The van der Waals surface area contributed by atoms with E-state index >= 15 is 0 Å². The monoisotopic (exact) mass is 631 g/mol. The lowest BCUT2D eigenvalue weighted by Gasteiger charge is -2.22. The van der Waals surface area contributed by atoms with Gasteiger partial charge in [0.1, 0.15) is 0 Å². The second-order valence-electron chi connectivity index (χ2n) is 12.5. The molecule has 0 aliphatic heterocycles. The SMILES string of the molecule is NC(NC(/C=C/c1cccc2c1ccc1cc3ccccc3cc12)c1ccc(Nc2ccccc2-c2ccccc2)cc1)c1ccccc1. The van der Waals surface area contributed by atoms with Crippen molar-refractivity contribution in [2.24, 2.45) is 5.73 Å². The van der Waals surface area contributed by atoms with Gasteiger partial charge < -0.3 is 11.1 Å². The summed E-state index contributed by atoms with van der Waals surface area (Å²) in [6.45, 7) is 0. The van der Waals surface area contributed by atoms with Gasteiger partial charge in [-0.25, -0.2) is 0 Å². The molecule has 0 saturated heterocycles. The molecule has 0 fully saturated rings. The lowest BCUT2D eigenvalue weighted by molar-refractivity contribution is 0.509. The number of nitrogens with two attached hydrogens (primary N) is 1. The third-order valence-corrected chi connectivity index (χ3v) is 9.32. The van der Waals surface area contributed by atoms with Gasteiger partial charge >= 0.3 is 0 Å². The van der Waals surface area contributed by atoms with Crippen LogP contribution in [-0.4, -0.2) is 0 Å². The van der Waals surface area contributed by atoms with Crippen LogP contribution in [0.25, 0.3) is 49.5 Å². The fourth-order valence-electron chi connectivity index (χ4n) is 6.76. The smallest absolute Gasteiger partial charge is 0.0817 e. The quantitative estimate of drug-likeness (QED) is 0.0844. The van der Waals surface area contributed by atoms with E-state index in [4.69, 9.17) is 5.73 Å². The summed E-state index contributed by atoms with van der Waals surface area (Å²) in [5, 5.41) is 14.8. The van der Waals surface area contributed by atoms with Gasteiger partial charge in [-0.05, 0) is 84.9 Å². The molecule has 0 aliphatic rings. The Bertz CT molecular complexity index is 2400. The first-order valence-electron chi connectivity index (χ1n) is 16.8. The molecule has 0 aromatic heterocycles. The Morgan fingerprint density at radius 1 is 0.490 bits per heavy atom. The van der Waals surface area contributed by atoms with Crippen molar-refractivity contribution in [3.05, 3.63) is 199 Å². The minimum atomic E-state index is -0.337.